The van der Waals surface area contributed by atoms with Gasteiger partial charge >= 0.3 is 0 Å². The molecule has 108 valence electrons. The van der Waals surface area contributed by atoms with Crippen LogP contribution in [0.1, 0.15) is 21.5 Å². The molecule has 2 aromatic rings. The summed E-state index contributed by atoms with van der Waals surface area (Å²) < 4.78 is 0. The summed E-state index contributed by atoms with van der Waals surface area (Å²) >= 11 is 6.01. The quantitative estimate of drug-likeness (QED) is 0.352. The van der Waals surface area contributed by atoms with Gasteiger partial charge in [0.1, 0.15) is 0 Å². The Bertz CT molecular complexity index is 714. The second-order valence-electron chi connectivity index (χ2n) is 4.43. The Kier molecular flexibility index (Phi) is 4.45. The lowest BCUT2D eigenvalue weighted by atomic mass is 10.1. The van der Waals surface area contributed by atoms with Crippen LogP contribution >= 0.6 is 11.6 Å². The van der Waals surface area contributed by atoms with Crippen molar-refractivity contribution in [2.75, 3.05) is 5.32 Å². The molecular weight excluding hydrogens is 290 g/mol. The normalized spacial score (nSPS) is 11.2. The third-order valence-electron chi connectivity index (χ3n) is 3.04. The molecule has 0 aliphatic carbocycles. The summed E-state index contributed by atoms with van der Waals surface area (Å²) in [5.74, 6) is -0.295. The van der Waals surface area contributed by atoms with E-state index in [1.807, 2.05) is 0 Å². The van der Waals surface area contributed by atoms with Crippen LogP contribution in [0.25, 0.3) is 0 Å². The molecule has 0 bridgehead atoms. The van der Waals surface area contributed by atoms with Crippen LogP contribution in [0.4, 0.5) is 5.69 Å². The van der Waals surface area contributed by atoms with Gasteiger partial charge in [0, 0.05) is 21.8 Å². The van der Waals surface area contributed by atoms with Crippen molar-refractivity contribution in [2.24, 2.45) is 10.9 Å². The van der Waals surface area contributed by atoms with Crippen LogP contribution in [0.2, 0.25) is 5.02 Å². The number of rotatable bonds is 3. The topological polar surface area (TPSA) is 87.7 Å². The molecule has 2 rings (SSSR count). The van der Waals surface area contributed by atoms with Crippen LogP contribution in [-0.2, 0) is 0 Å². The zero-order valence-electron chi connectivity index (χ0n) is 11.3. The highest BCUT2D eigenvalue weighted by atomic mass is 35.5. The number of amidine groups is 1. The highest BCUT2D eigenvalue weighted by Crippen LogP contribution is 2.20. The highest BCUT2D eigenvalue weighted by molar-refractivity contribution is 6.32. The van der Waals surface area contributed by atoms with Crippen LogP contribution in [0.3, 0.4) is 0 Å². The van der Waals surface area contributed by atoms with Crippen molar-refractivity contribution < 1.29 is 10.0 Å². The number of hydrogen-bond acceptors (Lipinski definition) is 3. The average Bonchev–Trinajstić information content (AvgIpc) is 2.49. The largest absolute Gasteiger partial charge is 0.409 e. The Labute approximate surface area is 127 Å². The van der Waals surface area contributed by atoms with E-state index in [9.17, 15) is 4.79 Å². The van der Waals surface area contributed by atoms with Gasteiger partial charge in [0.2, 0.25) is 0 Å². The number of oxime groups is 1. The van der Waals surface area contributed by atoms with Crippen LogP contribution in [0.5, 0.6) is 0 Å². The van der Waals surface area contributed by atoms with E-state index >= 15 is 0 Å². The smallest absolute Gasteiger partial charge is 0.255 e. The van der Waals surface area contributed by atoms with E-state index in [0.29, 0.717) is 27.4 Å². The monoisotopic (exact) mass is 303 g/mol. The molecule has 5 nitrogen and oxygen atoms in total. The number of nitrogens with two attached hydrogens (primary N) is 1. The Morgan fingerprint density at radius 3 is 2.71 bits per heavy atom. The number of anilines is 1. The zero-order chi connectivity index (χ0) is 15.4. The van der Waals surface area contributed by atoms with Gasteiger partial charge in [0.05, 0.1) is 0 Å². The van der Waals surface area contributed by atoms with Crippen LogP contribution in [-0.4, -0.2) is 17.0 Å². The fraction of sp³-hybridized carbons (Fsp3) is 0.0667. The Morgan fingerprint density at radius 1 is 1.29 bits per heavy atom. The fourth-order valence-electron chi connectivity index (χ4n) is 1.87. The second-order valence-corrected chi connectivity index (χ2v) is 4.84. The van der Waals surface area contributed by atoms with E-state index in [-0.39, 0.29) is 11.7 Å². The predicted octanol–water partition coefficient (Wildman–Crippen LogP) is 3.00. The summed E-state index contributed by atoms with van der Waals surface area (Å²) in [7, 11) is 0. The van der Waals surface area contributed by atoms with Gasteiger partial charge in [-0.2, -0.15) is 0 Å². The summed E-state index contributed by atoms with van der Waals surface area (Å²) in [5, 5.41) is 14.9. The summed E-state index contributed by atoms with van der Waals surface area (Å²) in [4.78, 5) is 12.3. The number of hydrogen-bond donors (Lipinski definition) is 3. The molecule has 0 saturated carbocycles. The van der Waals surface area contributed by atoms with E-state index in [1.165, 1.54) is 0 Å². The maximum atomic E-state index is 12.3. The van der Waals surface area contributed by atoms with Gasteiger partial charge in [0.25, 0.3) is 5.91 Å². The molecule has 0 aliphatic heterocycles. The maximum Gasteiger partial charge on any atom is 0.255 e. The lowest BCUT2D eigenvalue weighted by molar-refractivity contribution is 0.102. The van der Waals surface area contributed by atoms with E-state index in [0.717, 1.165) is 0 Å². The second kappa shape index (κ2) is 6.28. The minimum Gasteiger partial charge on any atom is -0.409 e. The third-order valence-corrected chi connectivity index (χ3v) is 3.45. The number of halogens is 1. The number of carbonyl (C=O) groups excluding carboxylic acids is 1. The van der Waals surface area contributed by atoms with Crippen molar-refractivity contribution in [1.29, 1.82) is 0 Å². The molecular formula is C15H14ClN3O2. The standard InChI is InChI=1S/C15H14ClN3O2/c1-9-12(6-3-7-13(9)16)15(20)18-11-5-2-4-10(8-11)14(17)19-21/h2-8,21H,1H3,(H2,17,19)(H,18,20). The van der Waals surface area contributed by atoms with Crippen molar-refractivity contribution >= 4 is 29.0 Å². The Morgan fingerprint density at radius 2 is 2.00 bits per heavy atom. The highest BCUT2D eigenvalue weighted by Gasteiger charge is 2.11. The van der Waals surface area contributed by atoms with Crippen LogP contribution in [0, 0.1) is 6.92 Å². The molecule has 0 saturated heterocycles. The van der Waals surface area contributed by atoms with Crippen molar-refractivity contribution in [1.82, 2.24) is 0 Å². The number of amides is 1. The fourth-order valence-corrected chi connectivity index (χ4v) is 2.04. The predicted molar refractivity (Wildman–Crippen MR) is 83.1 cm³/mol. The molecule has 0 aliphatic rings. The SMILES string of the molecule is Cc1c(Cl)cccc1C(=O)Nc1cccc(/C(N)=N/O)c1. The van der Waals surface area contributed by atoms with Gasteiger partial charge in [0.15, 0.2) is 5.84 Å². The Hall–Kier alpha value is -2.53. The number of carbonyl (C=O) groups is 1. The van der Waals surface area contributed by atoms with Crippen molar-refractivity contribution in [3.63, 3.8) is 0 Å². The van der Waals surface area contributed by atoms with Crippen LogP contribution in [0.15, 0.2) is 47.6 Å². The summed E-state index contributed by atoms with van der Waals surface area (Å²) in [5.41, 5.74) is 7.79. The summed E-state index contributed by atoms with van der Waals surface area (Å²) in [6.45, 7) is 1.78. The van der Waals surface area contributed by atoms with Gasteiger partial charge in [-0.15, -0.1) is 0 Å². The summed E-state index contributed by atoms with van der Waals surface area (Å²) in [6, 6.07) is 11.9. The first kappa shape index (κ1) is 14.9. The molecule has 4 N–H and O–H groups in total. The first-order valence-corrected chi connectivity index (χ1v) is 6.55. The van der Waals surface area contributed by atoms with Gasteiger partial charge in [-0.1, -0.05) is 35.0 Å². The molecule has 1 amide bonds. The molecule has 0 radical (unpaired) electrons. The lowest BCUT2D eigenvalue weighted by Gasteiger charge is -2.09. The van der Waals surface area contributed by atoms with Gasteiger partial charge < -0.3 is 16.3 Å². The molecule has 6 heteroatoms. The molecule has 2 aromatic carbocycles. The van der Waals surface area contributed by atoms with Gasteiger partial charge in [-0.25, -0.2) is 0 Å². The van der Waals surface area contributed by atoms with E-state index in [4.69, 9.17) is 22.5 Å². The Balaban J connectivity index is 2.26. The summed E-state index contributed by atoms with van der Waals surface area (Å²) in [6.07, 6.45) is 0. The van der Waals surface area contributed by atoms with Gasteiger partial charge in [-0.05, 0) is 36.8 Å². The van der Waals surface area contributed by atoms with Gasteiger partial charge in [-0.3, -0.25) is 4.79 Å². The minimum atomic E-state index is -0.272. The molecule has 0 fully saturated rings. The molecule has 0 spiro atoms. The average molecular weight is 304 g/mol. The number of benzene rings is 2. The van der Waals surface area contributed by atoms with E-state index in [2.05, 4.69) is 10.5 Å². The van der Waals surface area contributed by atoms with Crippen molar-refractivity contribution in [3.05, 3.63) is 64.2 Å². The lowest BCUT2D eigenvalue weighted by Crippen LogP contribution is -2.16. The number of nitrogens with zero attached hydrogens (tertiary/aromatic N) is 1. The van der Waals surface area contributed by atoms with Crippen molar-refractivity contribution in [3.8, 4) is 0 Å². The molecule has 0 unspecified atom stereocenters. The van der Waals surface area contributed by atoms with Crippen molar-refractivity contribution in [2.45, 2.75) is 6.92 Å². The first-order valence-electron chi connectivity index (χ1n) is 6.17. The number of nitrogens with one attached hydrogen (secondary N) is 1. The minimum absolute atomic E-state index is 0.0231. The molecule has 0 atom stereocenters. The van der Waals surface area contributed by atoms with Crippen LogP contribution < -0.4 is 11.1 Å². The maximum absolute atomic E-state index is 12.3. The third kappa shape index (κ3) is 3.32. The molecule has 21 heavy (non-hydrogen) atoms. The first-order chi connectivity index (χ1) is 10.0. The molecule has 0 heterocycles. The molecule has 0 aromatic heterocycles. The zero-order valence-corrected chi connectivity index (χ0v) is 12.1. The van der Waals surface area contributed by atoms with E-state index in [1.54, 1.807) is 49.4 Å². The van der Waals surface area contributed by atoms with E-state index < -0.39 is 0 Å².